The third-order valence-electron chi connectivity index (χ3n) is 8.43. The zero-order chi connectivity index (χ0) is 38.0. The van der Waals surface area contributed by atoms with Crippen molar-refractivity contribution in [2.24, 2.45) is 7.05 Å². The molecule has 0 unspecified atom stereocenters. The molecule has 0 bridgehead atoms. The molecule has 0 saturated heterocycles. The summed E-state index contributed by atoms with van der Waals surface area (Å²) in [6.45, 7) is 1.83. The van der Waals surface area contributed by atoms with E-state index in [1.165, 1.54) is 66.5 Å². The Morgan fingerprint density at radius 2 is 1.57 bits per heavy atom. The molecule has 16 heteroatoms. The van der Waals surface area contributed by atoms with Gasteiger partial charge >= 0.3 is 11.7 Å². The molecule has 2 N–H and O–H groups in total. The predicted octanol–water partition coefficient (Wildman–Crippen LogP) is 4.05. The minimum absolute atomic E-state index is 0.178. The summed E-state index contributed by atoms with van der Waals surface area (Å²) in [6, 6.07) is 16.7. The Hall–Kier alpha value is -6.55. The van der Waals surface area contributed by atoms with Crippen LogP contribution in [0.1, 0.15) is 21.6 Å². The fraction of sp³-hybridized carbons (Fsp3) is 0.135. The van der Waals surface area contributed by atoms with Gasteiger partial charge in [0.1, 0.15) is 23.2 Å². The molecule has 53 heavy (non-hydrogen) atoms. The normalized spacial score (nSPS) is 11.9. The number of benzene rings is 3. The van der Waals surface area contributed by atoms with Crippen LogP contribution in [0.15, 0.2) is 112 Å². The number of pyridine rings is 2. The quantitative estimate of drug-likeness (QED) is 0.197. The number of methoxy groups -OCH3 is 1. The van der Waals surface area contributed by atoms with Crippen LogP contribution in [0.2, 0.25) is 0 Å². The van der Waals surface area contributed by atoms with Crippen molar-refractivity contribution in [1.29, 1.82) is 0 Å². The van der Waals surface area contributed by atoms with Gasteiger partial charge in [-0.25, -0.2) is 31.4 Å². The molecule has 0 saturated carbocycles. The van der Waals surface area contributed by atoms with E-state index in [0.29, 0.717) is 28.8 Å². The molecular weight excluding hydrogens is 711 g/mol. The molecule has 0 radical (unpaired) electrons. The summed E-state index contributed by atoms with van der Waals surface area (Å²) >= 11 is 0. The van der Waals surface area contributed by atoms with E-state index < -0.39 is 62.1 Å². The number of sulfonamides is 1. The number of fused-ring (bicyclic) bond motifs is 1. The summed E-state index contributed by atoms with van der Waals surface area (Å²) in [4.78, 5) is 59.9. The van der Waals surface area contributed by atoms with Crippen molar-refractivity contribution < 1.29 is 31.5 Å². The molecule has 0 fully saturated rings. The first-order valence-electron chi connectivity index (χ1n) is 15.9. The van der Waals surface area contributed by atoms with E-state index in [1.807, 2.05) is 19.1 Å². The fourth-order valence-electron chi connectivity index (χ4n) is 5.63. The first-order valence-corrected chi connectivity index (χ1v) is 17.3. The minimum Gasteiger partial charge on any atom is -0.467 e. The van der Waals surface area contributed by atoms with Crippen molar-refractivity contribution in [3.8, 4) is 16.8 Å². The standard InChI is InChI=1S/C37H30F2N6O7S/c1-21-4-7-24(19-41-21)23-8-12-27(13-9-23)53(50,51)43-25-17-29(38)33(30(39)18-25)34(46)42-31(36(48)52-3)16-22-5-10-26(11-6-22)45-35(47)28-14-15-40-20-32(28)44(2)37(45)49/h4-15,17-20,31,43H,16H2,1-3H3,(H,42,46)/t31-/m0/s1. The van der Waals surface area contributed by atoms with Gasteiger partial charge in [0.2, 0.25) is 0 Å². The fourth-order valence-corrected chi connectivity index (χ4v) is 6.67. The van der Waals surface area contributed by atoms with Crippen molar-refractivity contribution in [1.82, 2.24) is 24.4 Å². The number of nitrogens with one attached hydrogen (secondary N) is 2. The third kappa shape index (κ3) is 7.43. The Morgan fingerprint density at radius 3 is 2.19 bits per heavy atom. The van der Waals surface area contributed by atoms with Crippen molar-refractivity contribution in [2.75, 3.05) is 11.8 Å². The van der Waals surface area contributed by atoms with Gasteiger partial charge in [-0.05, 0) is 66.6 Å². The Labute approximate surface area is 300 Å². The summed E-state index contributed by atoms with van der Waals surface area (Å²) in [5.74, 6) is -5.02. The van der Waals surface area contributed by atoms with Crippen LogP contribution in [0.3, 0.4) is 0 Å². The van der Waals surface area contributed by atoms with Gasteiger partial charge in [0, 0.05) is 37.1 Å². The topological polar surface area (TPSA) is 171 Å². The molecule has 0 spiro atoms. The lowest BCUT2D eigenvalue weighted by Gasteiger charge is -2.18. The van der Waals surface area contributed by atoms with Crippen LogP contribution < -0.4 is 21.3 Å². The van der Waals surface area contributed by atoms with Crippen molar-refractivity contribution in [3.63, 3.8) is 0 Å². The van der Waals surface area contributed by atoms with E-state index >= 15 is 8.78 Å². The average Bonchev–Trinajstić information content (AvgIpc) is 3.14. The van der Waals surface area contributed by atoms with Crippen LogP contribution in [-0.4, -0.2) is 52.5 Å². The van der Waals surface area contributed by atoms with Crippen LogP contribution >= 0.6 is 0 Å². The highest BCUT2D eigenvalue weighted by atomic mass is 32.2. The molecule has 0 aliphatic carbocycles. The first kappa shape index (κ1) is 36.2. The second-order valence-corrected chi connectivity index (χ2v) is 13.6. The number of amides is 1. The number of ether oxygens (including phenoxy) is 1. The second-order valence-electron chi connectivity index (χ2n) is 11.9. The molecule has 6 rings (SSSR count). The molecule has 0 aliphatic heterocycles. The molecule has 0 aliphatic rings. The lowest BCUT2D eigenvalue weighted by Crippen LogP contribution is -2.43. The van der Waals surface area contributed by atoms with Gasteiger partial charge in [-0.1, -0.05) is 30.3 Å². The number of hydrogen-bond acceptors (Lipinski definition) is 9. The van der Waals surface area contributed by atoms with Crippen LogP contribution in [0, 0.1) is 18.6 Å². The van der Waals surface area contributed by atoms with Crippen molar-refractivity contribution in [3.05, 3.63) is 147 Å². The van der Waals surface area contributed by atoms with Gasteiger partial charge in [0.25, 0.3) is 21.5 Å². The highest BCUT2D eigenvalue weighted by Gasteiger charge is 2.27. The first-order chi connectivity index (χ1) is 25.3. The van der Waals surface area contributed by atoms with Gasteiger partial charge in [-0.15, -0.1) is 0 Å². The van der Waals surface area contributed by atoms with E-state index in [4.69, 9.17) is 4.74 Å². The largest absolute Gasteiger partial charge is 0.467 e. The average molecular weight is 741 g/mol. The summed E-state index contributed by atoms with van der Waals surface area (Å²) < 4.78 is 65.7. The minimum atomic E-state index is -4.29. The van der Waals surface area contributed by atoms with Gasteiger partial charge in [0.05, 0.1) is 40.5 Å². The van der Waals surface area contributed by atoms with Crippen molar-refractivity contribution in [2.45, 2.75) is 24.3 Å². The number of aromatic nitrogens is 4. The smallest absolute Gasteiger partial charge is 0.335 e. The number of anilines is 1. The number of carbonyl (C=O) groups is 2. The van der Waals surface area contributed by atoms with E-state index in [0.717, 1.165) is 22.9 Å². The Balaban J connectivity index is 1.18. The molecule has 1 atom stereocenters. The number of halogens is 2. The zero-order valence-corrected chi connectivity index (χ0v) is 29.1. The monoisotopic (exact) mass is 740 g/mol. The SMILES string of the molecule is COC(=O)[C@H](Cc1ccc(-n2c(=O)c3ccncc3n(C)c2=O)cc1)NC(=O)c1c(F)cc(NS(=O)(=O)c2ccc(-c3ccc(C)nc3)cc2)cc1F. The molecule has 3 heterocycles. The molecular formula is C37H30F2N6O7S. The predicted molar refractivity (Wildman–Crippen MR) is 191 cm³/mol. The number of hydrogen-bond donors (Lipinski definition) is 2. The molecule has 3 aromatic heterocycles. The number of aryl methyl sites for hydroxylation is 2. The highest BCUT2D eigenvalue weighted by Crippen LogP contribution is 2.25. The lowest BCUT2D eigenvalue weighted by molar-refractivity contribution is -0.142. The summed E-state index contributed by atoms with van der Waals surface area (Å²) in [5.41, 5.74) is 0.588. The molecule has 3 aromatic carbocycles. The van der Waals surface area contributed by atoms with E-state index in [1.54, 1.807) is 18.3 Å². The summed E-state index contributed by atoms with van der Waals surface area (Å²) in [6.07, 6.45) is 4.29. The molecule has 1 amide bonds. The van der Waals surface area contributed by atoms with Crippen molar-refractivity contribution >= 4 is 38.5 Å². The maximum absolute atomic E-state index is 15.2. The van der Waals surface area contributed by atoms with Gasteiger partial charge in [-0.3, -0.25) is 28.8 Å². The van der Waals surface area contributed by atoms with E-state index in [2.05, 4.69) is 20.0 Å². The Morgan fingerprint density at radius 1 is 0.906 bits per heavy atom. The van der Waals surface area contributed by atoms with Gasteiger partial charge in [-0.2, -0.15) is 0 Å². The molecule has 270 valence electrons. The van der Waals surface area contributed by atoms with Gasteiger partial charge in [0.15, 0.2) is 0 Å². The number of carbonyl (C=O) groups excluding carboxylic acids is 2. The highest BCUT2D eigenvalue weighted by molar-refractivity contribution is 7.92. The summed E-state index contributed by atoms with van der Waals surface area (Å²) in [5, 5.41) is 2.54. The molecule has 6 aromatic rings. The molecule has 13 nitrogen and oxygen atoms in total. The van der Waals surface area contributed by atoms with Gasteiger partial charge < -0.3 is 10.1 Å². The maximum Gasteiger partial charge on any atom is 0.335 e. The van der Waals surface area contributed by atoms with E-state index in [-0.39, 0.29) is 22.4 Å². The number of nitrogens with zero attached hydrogens (tertiary/aromatic N) is 4. The lowest BCUT2D eigenvalue weighted by atomic mass is 10.0. The third-order valence-corrected chi connectivity index (χ3v) is 9.83. The number of esters is 1. The Kier molecular flexibility index (Phi) is 9.98. The van der Waals surface area contributed by atoms with Crippen LogP contribution in [0.25, 0.3) is 27.7 Å². The number of rotatable bonds is 10. The van der Waals surface area contributed by atoms with Crippen LogP contribution in [0.4, 0.5) is 14.5 Å². The zero-order valence-electron chi connectivity index (χ0n) is 28.3. The van der Waals surface area contributed by atoms with Crippen LogP contribution in [-0.2, 0) is 33.0 Å². The Bertz CT molecular complexity index is 2590. The second kappa shape index (κ2) is 14.6. The van der Waals surface area contributed by atoms with Crippen LogP contribution in [0.5, 0.6) is 0 Å². The van der Waals surface area contributed by atoms with E-state index in [9.17, 15) is 27.6 Å². The maximum atomic E-state index is 15.2. The summed E-state index contributed by atoms with van der Waals surface area (Å²) in [7, 11) is -1.72.